The van der Waals surface area contributed by atoms with E-state index in [1.54, 1.807) is 6.07 Å². The lowest BCUT2D eigenvalue weighted by Gasteiger charge is -2.06. The first-order valence-corrected chi connectivity index (χ1v) is 10.2. The zero-order valence-electron chi connectivity index (χ0n) is 13.0. The Balaban J connectivity index is 1.93. The van der Waals surface area contributed by atoms with Crippen LogP contribution in [0.5, 0.6) is 0 Å². The predicted octanol–water partition coefficient (Wildman–Crippen LogP) is 3.31. The average molecular weight is 368 g/mol. The smallest absolute Gasteiger partial charge is 0.242 e. The van der Waals surface area contributed by atoms with Gasteiger partial charge < -0.3 is 4.57 Å². The van der Waals surface area contributed by atoms with E-state index in [9.17, 15) is 8.42 Å². The van der Waals surface area contributed by atoms with Crippen molar-refractivity contribution in [2.45, 2.75) is 25.3 Å². The molecule has 0 aliphatic rings. The van der Waals surface area contributed by atoms with Gasteiger partial charge >= 0.3 is 0 Å². The summed E-state index contributed by atoms with van der Waals surface area (Å²) in [6.07, 6.45) is 0. The highest BCUT2D eigenvalue weighted by atomic mass is 32.2. The number of nitrogens with one attached hydrogen (secondary N) is 1. The minimum atomic E-state index is -3.56. The molecule has 8 heteroatoms. The molecule has 3 rings (SSSR count). The number of hydrogen-bond donors (Lipinski definition) is 1. The van der Waals surface area contributed by atoms with Crippen molar-refractivity contribution in [3.63, 3.8) is 0 Å². The van der Waals surface area contributed by atoms with Crippen LogP contribution in [0.4, 0.5) is 0 Å². The van der Waals surface area contributed by atoms with Crippen LogP contribution in [0.3, 0.4) is 0 Å². The molecule has 0 spiro atoms. The van der Waals surface area contributed by atoms with Crippen molar-refractivity contribution in [1.29, 1.82) is 0 Å². The van der Waals surface area contributed by atoms with Gasteiger partial charge in [0.05, 0.1) is 5.69 Å². The Kier molecular flexibility index (Phi) is 4.41. The van der Waals surface area contributed by atoms with Gasteiger partial charge in [-0.2, -0.15) is 0 Å². The Labute approximate surface area is 143 Å². The lowest BCUT2D eigenvalue weighted by atomic mass is 10.4. The second-order valence-corrected chi connectivity index (χ2v) is 8.86. The zero-order chi connectivity index (χ0) is 16.6. The maximum absolute atomic E-state index is 12.6. The van der Waals surface area contributed by atoms with Gasteiger partial charge in [0.25, 0.3) is 0 Å². The van der Waals surface area contributed by atoms with Crippen LogP contribution >= 0.6 is 22.7 Å². The highest BCUT2D eigenvalue weighted by Crippen LogP contribution is 2.29. The van der Waals surface area contributed by atoms with Gasteiger partial charge in [-0.1, -0.05) is 6.07 Å². The monoisotopic (exact) mass is 367 g/mol. The Hall–Kier alpha value is -1.48. The van der Waals surface area contributed by atoms with E-state index in [4.69, 9.17) is 0 Å². The van der Waals surface area contributed by atoms with Crippen LogP contribution < -0.4 is 4.72 Å². The summed E-state index contributed by atoms with van der Waals surface area (Å²) in [5.41, 5.74) is 2.45. The van der Waals surface area contributed by atoms with Crippen molar-refractivity contribution < 1.29 is 8.42 Å². The fourth-order valence-electron chi connectivity index (χ4n) is 2.28. The van der Waals surface area contributed by atoms with E-state index in [1.165, 1.54) is 22.7 Å². The van der Waals surface area contributed by atoms with Gasteiger partial charge in [0, 0.05) is 35.2 Å². The topological polar surface area (TPSA) is 64.0 Å². The van der Waals surface area contributed by atoms with E-state index in [0.29, 0.717) is 17.1 Å². The summed E-state index contributed by atoms with van der Waals surface area (Å²) in [6.45, 7) is 4.04. The zero-order valence-corrected chi connectivity index (χ0v) is 15.5. The van der Waals surface area contributed by atoms with Crippen molar-refractivity contribution in [1.82, 2.24) is 14.3 Å². The third-order valence-electron chi connectivity index (χ3n) is 3.63. The van der Waals surface area contributed by atoms with Gasteiger partial charge in [0.1, 0.15) is 9.90 Å². The number of thiazole rings is 1. The highest BCUT2D eigenvalue weighted by Gasteiger charge is 2.23. The maximum atomic E-state index is 12.6. The highest BCUT2D eigenvalue weighted by molar-refractivity contribution is 7.89. The van der Waals surface area contributed by atoms with E-state index in [2.05, 4.69) is 9.71 Å². The van der Waals surface area contributed by atoms with Crippen molar-refractivity contribution >= 4 is 32.7 Å². The molecule has 0 radical (unpaired) electrons. The molecule has 3 aromatic heterocycles. The molecule has 3 heterocycles. The van der Waals surface area contributed by atoms with Crippen molar-refractivity contribution in [2.75, 3.05) is 0 Å². The van der Waals surface area contributed by atoms with E-state index < -0.39 is 10.0 Å². The summed E-state index contributed by atoms with van der Waals surface area (Å²) >= 11 is 3.05. The number of sulfonamides is 1. The summed E-state index contributed by atoms with van der Waals surface area (Å²) in [4.78, 5) is 5.74. The number of aryl methyl sites for hydroxylation is 1. The average Bonchev–Trinajstić information content (AvgIpc) is 3.21. The summed E-state index contributed by atoms with van der Waals surface area (Å²) in [7, 11) is -1.70. The third kappa shape index (κ3) is 3.25. The van der Waals surface area contributed by atoms with Gasteiger partial charge in [-0.3, -0.25) is 0 Å². The molecule has 3 aromatic rings. The summed E-state index contributed by atoms with van der Waals surface area (Å²) in [5, 5.41) is 4.72. The lowest BCUT2D eigenvalue weighted by molar-refractivity contribution is 0.580. The standard InChI is InChI=1S/C15H17N3O2S3/c1-10-9-22-15(17-10)13-7-14(11(2)18(13)3)23(19,20)16-8-12-5-4-6-21-12/h4-7,9,16H,8H2,1-3H3. The molecule has 0 unspecified atom stereocenters. The molecule has 1 N–H and O–H groups in total. The number of aromatic nitrogens is 2. The normalized spacial score (nSPS) is 12.0. The first kappa shape index (κ1) is 16.4. The van der Waals surface area contributed by atoms with Crippen molar-refractivity contribution in [3.8, 4) is 10.7 Å². The first-order chi connectivity index (χ1) is 10.9. The molecule has 0 fully saturated rings. The Bertz CT molecular complexity index is 921. The van der Waals surface area contributed by atoms with E-state index >= 15 is 0 Å². The molecule has 0 saturated heterocycles. The van der Waals surface area contributed by atoms with Crippen LogP contribution in [0, 0.1) is 13.8 Å². The van der Waals surface area contributed by atoms with Gasteiger partial charge in [-0.05, 0) is 31.4 Å². The number of rotatable bonds is 5. The molecular formula is C15H17N3O2S3. The molecular weight excluding hydrogens is 350 g/mol. The van der Waals surface area contributed by atoms with Gasteiger partial charge in [0.15, 0.2) is 0 Å². The molecule has 0 amide bonds. The quantitative estimate of drug-likeness (QED) is 0.752. The Morgan fingerprint density at radius 3 is 2.70 bits per heavy atom. The second-order valence-electron chi connectivity index (χ2n) is 5.24. The molecule has 5 nitrogen and oxygen atoms in total. The van der Waals surface area contributed by atoms with Crippen LogP contribution in [-0.4, -0.2) is 18.0 Å². The number of hydrogen-bond acceptors (Lipinski definition) is 5. The third-order valence-corrected chi connectivity index (χ3v) is 7.01. The number of nitrogens with zero attached hydrogens (tertiary/aromatic N) is 2. The van der Waals surface area contributed by atoms with E-state index in [1.807, 2.05) is 48.4 Å². The summed E-state index contributed by atoms with van der Waals surface area (Å²) in [6, 6.07) is 5.52. The minimum Gasteiger partial charge on any atom is -0.345 e. The molecule has 122 valence electrons. The number of thiophene rings is 1. The van der Waals surface area contributed by atoms with E-state index in [-0.39, 0.29) is 0 Å². The molecule has 23 heavy (non-hydrogen) atoms. The van der Waals surface area contributed by atoms with Crippen molar-refractivity contribution in [3.05, 3.63) is 45.2 Å². The lowest BCUT2D eigenvalue weighted by Crippen LogP contribution is -2.23. The van der Waals surface area contributed by atoms with Gasteiger partial charge in [-0.25, -0.2) is 18.1 Å². The minimum absolute atomic E-state index is 0.305. The van der Waals surface area contributed by atoms with Crippen LogP contribution in [0.1, 0.15) is 16.3 Å². The maximum Gasteiger partial charge on any atom is 0.242 e. The molecule has 0 aromatic carbocycles. The predicted molar refractivity (Wildman–Crippen MR) is 94.3 cm³/mol. The van der Waals surface area contributed by atoms with Crippen LogP contribution in [0.25, 0.3) is 10.7 Å². The second kappa shape index (κ2) is 6.20. The molecule has 0 saturated carbocycles. The Morgan fingerprint density at radius 2 is 2.09 bits per heavy atom. The van der Waals surface area contributed by atoms with Crippen molar-refractivity contribution in [2.24, 2.45) is 7.05 Å². The summed E-state index contributed by atoms with van der Waals surface area (Å²) < 4.78 is 29.8. The van der Waals surface area contributed by atoms with Gasteiger partial charge in [0.2, 0.25) is 10.0 Å². The molecule has 0 aliphatic carbocycles. The first-order valence-electron chi connectivity index (χ1n) is 6.99. The fraction of sp³-hybridized carbons (Fsp3) is 0.267. The van der Waals surface area contributed by atoms with E-state index in [0.717, 1.165) is 21.3 Å². The summed E-state index contributed by atoms with van der Waals surface area (Å²) in [5.74, 6) is 0. The Morgan fingerprint density at radius 1 is 1.30 bits per heavy atom. The SMILES string of the molecule is Cc1csc(-c2cc(S(=O)(=O)NCc3cccs3)c(C)n2C)n1. The largest absolute Gasteiger partial charge is 0.345 e. The van der Waals surface area contributed by atoms with Gasteiger partial charge in [-0.15, -0.1) is 22.7 Å². The molecule has 0 bridgehead atoms. The van der Waals surface area contributed by atoms with Crippen LogP contribution in [0.2, 0.25) is 0 Å². The molecule has 0 aliphatic heterocycles. The fourth-order valence-corrected chi connectivity index (χ4v) is 5.16. The van der Waals surface area contributed by atoms with Crippen LogP contribution in [-0.2, 0) is 23.6 Å². The van der Waals surface area contributed by atoms with Crippen LogP contribution in [0.15, 0.2) is 33.9 Å². The molecule has 0 atom stereocenters.